The van der Waals surface area contributed by atoms with E-state index in [2.05, 4.69) is 4.83 Å². The fourth-order valence-electron chi connectivity index (χ4n) is 1.84. The van der Waals surface area contributed by atoms with E-state index >= 15 is 0 Å². The van der Waals surface area contributed by atoms with Gasteiger partial charge in [-0.15, -0.1) is 4.83 Å². The van der Waals surface area contributed by atoms with Gasteiger partial charge in [-0.2, -0.15) is 0 Å². The maximum atomic E-state index is 14.0. The molecule has 1 fully saturated rings. The van der Waals surface area contributed by atoms with E-state index in [-0.39, 0.29) is 0 Å². The van der Waals surface area contributed by atoms with Gasteiger partial charge in [-0.3, -0.25) is 0 Å². The van der Waals surface area contributed by atoms with Gasteiger partial charge in [0.25, 0.3) is 10.0 Å². The Morgan fingerprint density at radius 3 is 2.55 bits per heavy atom. The third-order valence-corrected chi connectivity index (χ3v) is 4.30. The van der Waals surface area contributed by atoms with Crippen molar-refractivity contribution < 1.29 is 21.9 Å². The number of hydrogen-bond donors (Lipinski definition) is 2. The molecule has 0 radical (unpaired) electrons. The lowest BCUT2D eigenvalue weighted by atomic mass is 10.2. The van der Waals surface area contributed by atoms with Crippen LogP contribution in [0.5, 0.6) is 0 Å². The molecule has 112 valence electrons. The molecule has 1 aliphatic rings. The summed E-state index contributed by atoms with van der Waals surface area (Å²) in [4.78, 5) is 1.63. The average molecular weight is 307 g/mol. The Labute approximate surface area is 115 Å². The van der Waals surface area contributed by atoms with Crippen molar-refractivity contribution in [1.82, 2.24) is 9.84 Å². The van der Waals surface area contributed by atoms with Gasteiger partial charge in [0.15, 0.2) is 5.82 Å². The normalized spacial score (nSPS) is 17.4. The molecule has 0 unspecified atom stereocenters. The number of hydrogen-bond acceptors (Lipinski definition) is 5. The SMILES string of the molecule is NCc1c(F)ccc(S(=O)(=O)NN2CCOCC2)c1F. The summed E-state index contributed by atoms with van der Waals surface area (Å²) < 4.78 is 56.6. The maximum absolute atomic E-state index is 14.0. The molecule has 0 amide bonds. The highest BCUT2D eigenvalue weighted by Crippen LogP contribution is 2.20. The minimum absolute atomic E-state index is 0.353. The van der Waals surface area contributed by atoms with E-state index in [1.807, 2.05) is 0 Å². The van der Waals surface area contributed by atoms with E-state index in [1.54, 1.807) is 0 Å². The predicted molar refractivity (Wildman–Crippen MR) is 67.0 cm³/mol. The van der Waals surface area contributed by atoms with E-state index in [0.29, 0.717) is 26.3 Å². The van der Waals surface area contributed by atoms with Crippen molar-refractivity contribution in [1.29, 1.82) is 0 Å². The van der Waals surface area contributed by atoms with E-state index in [1.165, 1.54) is 5.01 Å². The number of ether oxygens (including phenoxy) is 1. The molecule has 9 heteroatoms. The summed E-state index contributed by atoms with van der Waals surface area (Å²) in [5, 5.41) is 1.41. The molecule has 0 aliphatic carbocycles. The number of rotatable bonds is 4. The van der Waals surface area contributed by atoms with Crippen LogP contribution in [0, 0.1) is 11.6 Å². The molecule has 3 N–H and O–H groups in total. The van der Waals surface area contributed by atoms with Gasteiger partial charge in [0.05, 0.1) is 13.2 Å². The molecule has 1 aliphatic heterocycles. The van der Waals surface area contributed by atoms with Gasteiger partial charge in [-0.1, -0.05) is 0 Å². The molecule has 1 aromatic rings. The van der Waals surface area contributed by atoms with Crippen molar-refractivity contribution in [2.75, 3.05) is 26.3 Å². The van der Waals surface area contributed by atoms with Crippen molar-refractivity contribution in [2.45, 2.75) is 11.4 Å². The molecule has 2 rings (SSSR count). The fraction of sp³-hybridized carbons (Fsp3) is 0.455. The Balaban J connectivity index is 2.29. The number of nitrogens with two attached hydrogens (primary N) is 1. The molecule has 0 bridgehead atoms. The second-order valence-corrected chi connectivity index (χ2v) is 5.87. The van der Waals surface area contributed by atoms with Gasteiger partial charge in [-0.05, 0) is 12.1 Å². The van der Waals surface area contributed by atoms with E-state index in [4.69, 9.17) is 10.5 Å². The van der Waals surface area contributed by atoms with Gasteiger partial charge in [0.1, 0.15) is 10.7 Å². The van der Waals surface area contributed by atoms with Crippen molar-refractivity contribution >= 4 is 10.0 Å². The van der Waals surface area contributed by atoms with Crippen molar-refractivity contribution in [3.05, 3.63) is 29.3 Å². The summed E-state index contributed by atoms with van der Waals surface area (Å²) in [7, 11) is -4.12. The summed E-state index contributed by atoms with van der Waals surface area (Å²) in [5.74, 6) is -2.02. The lowest BCUT2D eigenvalue weighted by Gasteiger charge is -2.26. The third kappa shape index (κ3) is 3.13. The number of hydrazine groups is 1. The number of nitrogens with one attached hydrogen (secondary N) is 1. The van der Waals surface area contributed by atoms with Crippen LogP contribution >= 0.6 is 0 Å². The number of nitrogens with zero attached hydrogens (tertiary/aromatic N) is 1. The van der Waals surface area contributed by atoms with Crippen molar-refractivity contribution in [3.63, 3.8) is 0 Å². The van der Waals surface area contributed by atoms with Crippen LogP contribution in [-0.2, 0) is 21.3 Å². The van der Waals surface area contributed by atoms with Crippen LogP contribution in [0.3, 0.4) is 0 Å². The molecular formula is C11H15F2N3O3S. The monoisotopic (exact) mass is 307 g/mol. The first-order chi connectivity index (χ1) is 9.45. The van der Waals surface area contributed by atoms with Crippen LogP contribution in [-0.4, -0.2) is 39.7 Å². The van der Waals surface area contributed by atoms with E-state index in [0.717, 1.165) is 12.1 Å². The minimum Gasteiger partial charge on any atom is -0.379 e. The van der Waals surface area contributed by atoms with E-state index < -0.39 is 38.7 Å². The van der Waals surface area contributed by atoms with Gasteiger partial charge in [0, 0.05) is 25.2 Å². The van der Waals surface area contributed by atoms with Gasteiger partial charge in [0.2, 0.25) is 0 Å². The Morgan fingerprint density at radius 1 is 1.30 bits per heavy atom. The van der Waals surface area contributed by atoms with Crippen LogP contribution in [0.15, 0.2) is 17.0 Å². The number of halogens is 2. The summed E-state index contributed by atoms with van der Waals surface area (Å²) in [6, 6.07) is 1.77. The minimum atomic E-state index is -4.12. The Hall–Kier alpha value is -1.13. The topological polar surface area (TPSA) is 84.7 Å². The Kier molecular flexibility index (Phi) is 4.66. The van der Waals surface area contributed by atoms with Crippen LogP contribution < -0.4 is 10.6 Å². The van der Waals surface area contributed by atoms with Crippen molar-refractivity contribution in [2.24, 2.45) is 5.73 Å². The number of sulfonamides is 1. The number of benzene rings is 1. The van der Waals surface area contributed by atoms with Crippen LogP contribution in [0.4, 0.5) is 8.78 Å². The molecule has 1 saturated heterocycles. The van der Waals surface area contributed by atoms with Gasteiger partial charge >= 0.3 is 0 Å². The highest BCUT2D eigenvalue weighted by atomic mass is 32.2. The highest BCUT2D eigenvalue weighted by molar-refractivity contribution is 7.89. The molecule has 1 aromatic carbocycles. The van der Waals surface area contributed by atoms with Crippen LogP contribution in [0.25, 0.3) is 0 Å². The number of morpholine rings is 1. The van der Waals surface area contributed by atoms with Crippen LogP contribution in [0.2, 0.25) is 0 Å². The van der Waals surface area contributed by atoms with Crippen LogP contribution in [0.1, 0.15) is 5.56 Å². The standard InChI is InChI=1S/C11H15F2N3O3S/c12-9-1-2-10(11(13)8(9)7-14)20(17,18)15-16-3-5-19-6-4-16/h1-2,15H,3-7,14H2. The second kappa shape index (κ2) is 6.10. The molecule has 20 heavy (non-hydrogen) atoms. The summed E-state index contributed by atoms with van der Waals surface area (Å²) in [5.41, 5.74) is 4.78. The summed E-state index contributed by atoms with van der Waals surface area (Å²) >= 11 is 0. The Morgan fingerprint density at radius 2 is 1.95 bits per heavy atom. The smallest absolute Gasteiger partial charge is 0.256 e. The summed E-state index contributed by atoms with van der Waals surface area (Å²) in [6.45, 7) is 1.04. The molecular weight excluding hydrogens is 292 g/mol. The quantitative estimate of drug-likeness (QED) is 0.815. The fourth-order valence-corrected chi connectivity index (χ4v) is 3.07. The predicted octanol–water partition coefficient (Wildman–Crippen LogP) is -0.0510. The first-order valence-corrected chi connectivity index (χ1v) is 7.46. The lowest BCUT2D eigenvalue weighted by molar-refractivity contribution is 0.0272. The largest absolute Gasteiger partial charge is 0.379 e. The molecule has 0 aromatic heterocycles. The zero-order valence-corrected chi connectivity index (χ0v) is 11.4. The third-order valence-electron chi connectivity index (χ3n) is 2.90. The highest BCUT2D eigenvalue weighted by Gasteiger charge is 2.25. The average Bonchev–Trinajstić information content (AvgIpc) is 2.39. The zero-order chi connectivity index (χ0) is 14.8. The first-order valence-electron chi connectivity index (χ1n) is 5.98. The molecule has 1 heterocycles. The first kappa shape index (κ1) is 15.3. The molecule has 0 saturated carbocycles. The maximum Gasteiger partial charge on any atom is 0.256 e. The second-order valence-electron chi connectivity index (χ2n) is 4.24. The summed E-state index contributed by atoms with van der Waals surface area (Å²) in [6.07, 6.45) is 0. The molecule has 0 spiro atoms. The van der Waals surface area contributed by atoms with Gasteiger partial charge < -0.3 is 10.5 Å². The zero-order valence-electron chi connectivity index (χ0n) is 10.6. The Bertz CT molecular complexity index is 589. The molecule has 6 nitrogen and oxygen atoms in total. The van der Waals surface area contributed by atoms with E-state index in [9.17, 15) is 17.2 Å². The molecule has 0 atom stereocenters. The lowest BCUT2D eigenvalue weighted by Crippen LogP contribution is -2.48. The van der Waals surface area contributed by atoms with Crippen molar-refractivity contribution in [3.8, 4) is 0 Å². The van der Waals surface area contributed by atoms with Gasteiger partial charge in [-0.25, -0.2) is 22.2 Å².